The molecule has 0 unspecified atom stereocenters. The molecule has 0 radical (unpaired) electrons. The van der Waals surface area contributed by atoms with Crippen molar-refractivity contribution in [3.63, 3.8) is 0 Å². The highest BCUT2D eigenvalue weighted by Gasteiger charge is 2.50. The number of carbonyl (C=O) groups is 4. The summed E-state index contributed by atoms with van der Waals surface area (Å²) in [6, 6.07) is 19.5. The van der Waals surface area contributed by atoms with Crippen molar-refractivity contribution in [2.75, 3.05) is 20.8 Å². The normalized spacial score (nSPS) is 21.0. The first kappa shape index (κ1) is 38.7. The van der Waals surface area contributed by atoms with Gasteiger partial charge in [-0.2, -0.15) is 0 Å². The molecule has 4 heterocycles. The van der Waals surface area contributed by atoms with E-state index in [4.69, 9.17) is 19.4 Å². The lowest BCUT2D eigenvalue weighted by Crippen LogP contribution is -2.51. The van der Waals surface area contributed by atoms with Crippen LogP contribution in [0.2, 0.25) is 0 Å². The number of piperidine rings is 1. The van der Waals surface area contributed by atoms with Crippen LogP contribution in [0.1, 0.15) is 76.6 Å². The first-order chi connectivity index (χ1) is 28.0. The van der Waals surface area contributed by atoms with Gasteiger partial charge in [0.25, 0.3) is 0 Å². The van der Waals surface area contributed by atoms with Crippen molar-refractivity contribution in [3.8, 4) is 33.6 Å². The van der Waals surface area contributed by atoms with Gasteiger partial charge in [-0.1, -0.05) is 62.4 Å². The smallest absolute Gasteiger partial charge is 0.407 e. The standard InChI is InChI=1S/C44H50N8O6/c1-24(2)37(50-44(56)58-5)42(54)51-18-6-7-36(51)39-45-23-35(48-39)31-15-14-29-19-28(12-13-30(29)20-31)26-8-10-27(11-9-26)34-22-46-40(49-34)38-32-16-17-33(21-32)52(38)41(53)25(3)47-43(55)57-4/h8-15,19-20,22-25,32-33,36-38H,6-7,16-18,21H2,1-5H3,(H,45,48)(H,46,49)(H,47,55)(H,50,56)/t25-,32-,33+,36-,37-,38-/m0/s1. The Morgan fingerprint density at radius 3 is 2.03 bits per heavy atom. The van der Waals surface area contributed by atoms with Gasteiger partial charge in [0.15, 0.2) is 0 Å². The van der Waals surface area contributed by atoms with Gasteiger partial charge < -0.3 is 39.9 Å². The molecule has 3 fully saturated rings. The largest absolute Gasteiger partial charge is 0.453 e. The summed E-state index contributed by atoms with van der Waals surface area (Å²) in [5.41, 5.74) is 5.93. The molecule has 2 aliphatic heterocycles. The van der Waals surface area contributed by atoms with Gasteiger partial charge in [0.05, 0.1) is 50.1 Å². The quantitative estimate of drug-likeness (QED) is 0.116. The van der Waals surface area contributed by atoms with E-state index in [1.165, 1.54) is 14.2 Å². The fourth-order valence-electron chi connectivity index (χ4n) is 9.09. The van der Waals surface area contributed by atoms with E-state index < -0.39 is 24.3 Å². The Morgan fingerprint density at radius 1 is 0.724 bits per heavy atom. The maximum Gasteiger partial charge on any atom is 0.407 e. The zero-order valence-electron chi connectivity index (χ0n) is 33.5. The summed E-state index contributed by atoms with van der Waals surface area (Å²) in [5.74, 6) is 1.46. The number of fused-ring (bicyclic) bond motifs is 3. The molecule has 6 atom stereocenters. The van der Waals surface area contributed by atoms with E-state index in [0.717, 1.165) is 88.2 Å². The number of likely N-dealkylation sites (tertiary alicyclic amines) is 2. The van der Waals surface area contributed by atoms with E-state index in [1.807, 2.05) is 36.0 Å². The second kappa shape index (κ2) is 16.0. The lowest BCUT2D eigenvalue weighted by atomic mass is 9.97. The van der Waals surface area contributed by atoms with Crippen LogP contribution in [0.3, 0.4) is 0 Å². The van der Waals surface area contributed by atoms with Crippen LogP contribution < -0.4 is 10.6 Å². The molecular weight excluding hydrogens is 737 g/mol. The summed E-state index contributed by atoms with van der Waals surface area (Å²) in [6.07, 6.45) is 6.98. The number of aromatic nitrogens is 4. The van der Waals surface area contributed by atoms with E-state index in [0.29, 0.717) is 12.5 Å². The average molecular weight is 787 g/mol. The number of amides is 4. The van der Waals surface area contributed by atoms with E-state index in [1.54, 1.807) is 6.92 Å². The first-order valence-corrected chi connectivity index (χ1v) is 20.1. The van der Waals surface area contributed by atoms with Crippen molar-refractivity contribution in [1.29, 1.82) is 0 Å². The molecule has 3 aromatic carbocycles. The SMILES string of the molecule is COC(=O)N[C@@H](C)C(=O)N1[C@@H]2CC[C@@H](C2)[C@H]1c1ncc(-c2ccc(-c3ccc4cc(-c5cnc([C@@H]6CCCN6C(=O)[C@@H](NC(=O)OC)C(C)C)[nH]5)ccc4c3)cc2)[nH]1. The lowest BCUT2D eigenvalue weighted by molar-refractivity contribution is -0.138. The van der Waals surface area contributed by atoms with Crippen molar-refractivity contribution in [1.82, 2.24) is 40.4 Å². The third-order valence-corrected chi connectivity index (χ3v) is 12.1. The van der Waals surface area contributed by atoms with Crippen LogP contribution >= 0.6 is 0 Å². The number of nitrogens with zero attached hydrogens (tertiary/aromatic N) is 4. The molecule has 4 N–H and O–H groups in total. The van der Waals surface area contributed by atoms with Crippen molar-refractivity contribution < 1.29 is 28.7 Å². The number of hydrogen-bond acceptors (Lipinski definition) is 8. The van der Waals surface area contributed by atoms with Gasteiger partial charge in [-0.3, -0.25) is 9.59 Å². The third kappa shape index (κ3) is 7.38. The highest BCUT2D eigenvalue weighted by molar-refractivity contribution is 5.91. The fraction of sp³-hybridized carbons (Fsp3) is 0.409. The van der Waals surface area contributed by atoms with Gasteiger partial charge in [-0.25, -0.2) is 19.6 Å². The Hall–Kier alpha value is -6.18. The molecule has 14 heteroatoms. The molecule has 2 saturated heterocycles. The summed E-state index contributed by atoms with van der Waals surface area (Å²) in [5, 5.41) is 7.52. The average Bonchev–Trinajstić information content (AvgIpc) is 4.10. The minimum atomic E-state index is -0.699. The van der Waals surface area contributed by atoms with Crippen molar-refractivity contribution >= 4 is 34.8 Å². The van der Waals surface area contributed by atoms with Gasteiger partial charge in [-0.15, -0.1) is 0 Å². The molecule has 1 aliphatic carbocycles. The Morgan fingerprint density at radius 2 is 1.33 bits per heavy atom. The Kier molecular flexibility index (Phi) is 10.7. The second-order valence-corrected chi connectivity index (χ2v) is 16.0. The predicted octanol–water partition coefficient (Wildman–Crippen LogP) is 7.13. The number of hydrogen-bond donors (Lipinski definition) is 4. The van der Waals surface area contributed by atoms with Crippen LogP contribution in [0.4, 0.5) is 9.59 Å². The molecule has 2 aromatic heterocycles. The molecule has 58 heavy (non-hydrogen) atoms. The van der Waals surface area contributed by atoms with E-state index in [9.17, 15) is 19.2 Å². The molecule has 14 nitrogen and oxygen atoms in total. The molecule has 8 rings (SSSR count). The molecule has 1 saturated carbocycles. The summed E-state index contributed by atoms with van der Waals surface area (Å²) < 4.78 is 9.48. The van der Waals surface area contributed by atoms with Gasteiger partial charge >= 0.3 is 12.2 Å². The minimum absolute atomic E-state index is 0.104. The number of imidazole rings is 2. The number of benzene rings is 3. The van der Waals surface area contributed by atoms with E-state index in [2.05, 4.69) is 81.3 Å². The molecule has 3 aliphatic rings. The number of rotatable bonds is 10. The summed E-state index contributed by atoms with van der Waals surface area (Å²) in [4.78, 5) is 71.1. The molecule has 0 spiro atoms. The number of alkyl carbamates (subject to hydrolysis) is 2. The van der Waals surface area contributed by atoms with Gasteiger partial charge in [0, 0.05) is 18.2 Å². The number of nitrogens with one attached hydrogen (secondary N) is 4. The Bertz CT molecular complexity index is 2340. The number of ether oxygens (including phenoxy) is 2. The number of aromatic amines is 2. The maximum absolute atomic E-state index is 13.6. The molecule has 2 bridgehead atoms. The maximum atomic E-state index is 13.6. The number of H-pyrrole nitrogens is 2. The Balaban J connectivity index is 0.949. The van der Waals surface area contributed by atoms with Crippen molar-refractivity contribution in [2.24, 2.45) is 11.8 Å². The first-order valence-electron chi connectivity index (χ1n) is 20.1. The predicted molar refractivity (Wildman–Crippen MR) is 218 cm³/mol. The van der Waals surface area contributed by atoms with Crippen molar-refractivity contribution in [2.45, 2.75) is 83.1 Å². The summed E-state index contributed by atoms with van der Waals surface area (Å²) in [6.45, 7) is 6.10. The highest BCUT2D eigenvalue weighted by Crippen LogP contribution is 2.50. The van der Waals surface area contributed by atoms with Crippen LogP contribution in [0.5, 0.6) is 0 Å². The second-order valence-electron chi connectivity index (χ2n) is 16.0. The van der Waals surface area contributed by atoms with Crippen molar-refractivity contribution in [3.05, 3.63) is 84.7 Å². The van der Waals surface area contributed by atoms with E-state index >= 15 is 0 Å². The zero-order valence-corrected chi connectivity index (χ0v) is 33.5. The number of carbonyl (C=O) groups excluding carboxylic acids is 4. The van der Waals surface area contributed by atoms with Crippen LogP contribution in [0.15, 0.2) is 73.1 Å². The van der Waals surface area contributed by atoms with Crippen LogP contribution in [-0.2, 0) is 19.1 Å². The molecule has 5 aromatic rings. The zero-order chi connectivity index (χ0) is 40.7. The number of methoxy groups -OCH3 is 2. The van der Waals surface area contributed by atoms with Gasteiger partial charge in [0.1, 0.15) is 23.7 Å². The van der Waals surface area contributed by atoms with Crippen LogP contribution in [-0.4, -0.2) is 92.6 Å². The highest BCUT2D eigenvalue weighted by atomic mass is 16.5. The summed E-state index contributed by atoms with van der Waals surface area (Å²) in [7, 11) is 2.58. The van der Waals surface area contributed by atoms with Gasteiger partial charge in [0.2, 0.25) is 11.8 Å². The minimum Gasteiger partial charge on any atom is -0.453 e. The third-order valence-electron chi connectivity index (χ3n) is 12.1. The van der Waals surface area contributed by atoms with Gasteiger partial charge in [-0.05, 0) is 90.5 Å². The Labute approximate surface area is 337 Å². The van der Waals surface area contributed by atoms with E-state index in [-0.39, 0.29) is 35.9 Å². The molecular formula is C44H50N8O6. The monoisotopic (exact) mass is 786 g/mol. The topological polar surface area (TPSA) is 175 Å². The fourth-order valence-corrected chi connectivity index (χ4v) is 9.09. The molecule has 4 amide bonds. The molecule has 302 valence electrons. The van der Waals surface area contributed by atoms with Crippen LogP contribution in [0, 0.1) is 11.8 Å². The summed E-state index contributed by atoms with van der Waals surface area (Å²) >= 11 is 0. The lowest BCUT2D eigenvalue weighted by Gasteiger charge is -2.36. The van der Waals surface area contributed by atoms with Crippen LogP contribution in [0.25, 0.3) is 44.4 Å².